The molecule has 1 saturated carbocycles. The van der Waals surface area contributed by atoms with Crippen molar-refractivity contribution in [1.82, 2.24) is 29.5 Å². The van der Waals surface area contributed by atoms with Crippen LogP contribution in [0.3, 0.4) is 0 Å². The number of pyridine rings is 1. The summed E-state index contributed by atoms with van der Waals surface area (Å²) in [6, 6.07) is 5.69. The maximum Gasteiger partial charge on any atom is 0.326 e. The number of nitrogens with zero attached hydrogens (tertiary/aromatic N) is 5. The van der Waals surface area contributed by atoms with Gasteiger partial charge in [0.1, 0.15) is 17.3 Å². The van der Waals surface area contributed by atoms with Crippen LogP contribution in [-0.2, 0) is 0 Å². The van der Waals surface area contributed by atoms with Crippen molar-refractivity contribution in [3.63, 3.8) is 0 Å². The van der Waals surface area contributed by atoms with E-state index in [-0.39, 0.29) is 11.6 Å². The molecule has 152 valence electrons. The van der Waals surface area contributed by atoms with Crippen molar-refractivity contribution in [2.75, 3.05) is 11.9 Å². The highest BCUT2D eigenvalue weighted by molar-refractivity contribution is 5.59. The van der Waals surface area contributed by atoms with Gasteiger partial charge in [0.15, 0.2) is 11.1 Å². The van der Waals surface area contributed by atoms with Crippen molar-refractivity contribution in [1.29, 1.82) is 0 Å². The van der Waals surface area contributed by atoms with Gasteiger partial charge in [0, 0.05) is 24.0 Å². The average molecular weight is 404 g/mol. The Morgan fingerprint density at radius 3 is 2.87 bits per heavy atom. The Kier molecular flexibility index (Phi) is 4.31. The van der Waals surface area contributed by atoms with E-state index in [0.29, 0.717) is 33.9 Å². The first kappa shape index (κ1) is 18.1. The second kappa shape index (κ2) is 7.14. The van der Waals surface area contributed by atoms with Gasteiger partial charge in [-0.15, -0.1) is 0 Å². The SMILES string of the molecule is Cc1ccc(Nc2cc(=NCC3CC3)n3nc/c(=C\c4[nH]c(=O)[nH]c4O)c3n2)nc1. The van der Waals surface area contributed by atoms with Crippen LogP contribution in [0.5, 0.6) is 5.88 Å². The standard InChI is InChI=1S/C20H20N8O2/c1-11-2-5-15(21-8-11)25-16-7-17(22-9-12-3-4-12)28-18(26-16)13(10-23-28)6-14-19(29)27-20(30)24-14/h2,5-8,10,12,29H,3-4,9H2,1H3,(H,21,25)(H2,24,27,30)/b13-6+,22-17?. The molecule has 1 fully saturated rings. The molecule has 0 amide bonds. The molecule has 10 heteroatoms. The zero-order valence-corrected chi connectivity index (χ0v) is 16.3. The Labute approximate surface area is 170 Å². The quantitative estimate of drug-likeness (QED) is 0.388. The lowest BCUT2D eigenvalue weighted by Gasteiger charge is -2.06. The zero-order valence-electron chi connectivity index (χ0n) is 16.3. The lowest BCUT2D eigenvalue weighted by atomic mass is 10.3. The summed E-state index contributed by atoms with van der Waals surface area (Å²) in [6.07, 6.45) is 7.42. The highest BCUT2D eigenvalue weighted by Gasteiger charge is 2.20. The van der Waals surface area contributed by atoms with Gasteiger partial charge in [-0.2, -0.15) is 9.61 Å². The summed E-state index contributed by atoms with van der Waals surface area (Å²) in [4.78, 5) is 30.0. The summed E-state index contributed by atoms with van der Waals surface area (Å²) in [6.45, 7) is 2.72. The molecule has 0 saturated heterocycles. The third-order valence-corrected chi connectivity index (χ3v) is 4.89. The first-order valence-electron chi connectivity index (χ1n) is 9.67. The van der Waals surface area contributed by atoms with Crippen molar-refractivity contribution >= 4 is 23.4 Å². The van der Waals surface area contributed by atoms with E-state index in [0.717, 1.165) is 12.1 Å². The number of H-pyrrole nitrogens is 2. The molecule has 0 aromatic carbocycles. The predicted octanol–water partition coefficient (Wildman–Crippen LogP) is 0.757. The third-order valence-electron chi connectivity index (χ3n) is 4.89. The molecule has 0 atom stereocenters. The van der Waals surface area contributed by atoms with Crippen molar-refractivity contribution in [2.45, 2.75) is 19.8 Å². The lowest BCUT2D eigenvalue weighted by molar-refractivity contribution is 0.454. The molecule has 30 heavy (non-hydrogen) atoms. The van der Waals surface area contributed by atoms with Gasteiger partial charge in [-0.1, -0.05) is 6.07 Å². The van der Waals surface area contributed by atoms with Crippen LogP contribution >= 0.6 is 0 Å². The molecule has 4 heterocycles. The van der Waals surface area contributed by atoms with Crippen LogP contribution < -0.4 is 21.7 Å². The minimum Gasteiger partial charge on any atom is -0.493 e. The number of fused-ring (bicyclic) bond motifs is 1. The van der Waals surface area contributed by atoms with E-state index in [1.807, 2.05) is 25.1 Å². The highest BCUT2D eigenvalue weighted by atomic mass is 16.3. The normalized spacial score (nSPS) is 15.2. The molecule has 1 aliphatic rings. The fourth-order valence-corrected chi connectivity index (χ4v) is 3.09. The maximum absolute atomic E-state index is 11.4. The molecule has 4 N–H and O–H groups in total. The molecule has 0 aliphatic heterocycles. The van der Waals surface area contributed by atoms with Gasteiger partial charge in [-0.05, 0) is 43.4 Å². The van der Waals surface area contributed by atoms with E-state index in [4.69, 9.17) is 4.99 Å². The van der Waals surface area contributed by atoms with Crippen LogP contribution in [0.25, 0.3) is 11.7 Å². The number of aromatic hydroxyl groups is 1. The van der Waals surface area contributed by atoms with Crippen molar-refractivity contribution in [3.05, 3.63) is 63.0 Å². The number of aromatic nitrogens is 6. The van der Waals surface area contributed by atoms with Crippen molar-refractivity contribution in [2.24, 2.45) is 10.9 Å². The fourth-order valence-electron chi connectivity index (χ4n) is 3.09. The van der Waals surface area contributed by atoms with Crippen LogP contribution in [0.2, 0.25) is 0 Å². The van der Waals surface area contributed by atoms with Crippen LogP contribution in [0.15, 0.2) is 40.4 Å². The summed E-state index contributed by atoms with van der Waals surface area (Å²) in [5, 5.41) is 18.1. The van der Waals surface area contributed by atoms with E-state index < -0.39 is 5.69 Å². The number of anilines is 2. The highest BCUT2D eigenvalue weighted by Crippen LogP contribution is 2.28. The first-order valence-corrected chi connectivity index (χ1v) is 9.67. The van der Waals surface area contributed by atoms with Gasteiger partial charge in [0.05, 0.1) is 6.20 Å². The Balaban J connectivity index is 1.64. The second-order valence-corrected chi connectivity index (χ2v) is 7.45. The monoisotopic (exact) mass is 404 g/mol. The number of hydrogen-bond acceptors (Lipinski definition) is 7. The molecule has 0 spiro atoms. The first-order chi connectivity index (χ1) is 14.5. The molecule has 0 unspecified atom stereocenters. The molecule has 4 aromatic rings. The van der Waals surface area contributed by atoms with Gasteiger partial charge in [0.25, 0.3) is 0 Å². The van der Waals surface area contributed by atoms with Gasteiger partial charge in [0.2, 0.25) is 5.88 Å². The molecular formula is C20H20N8O2. The molecule has 4 aromatic heterocycles. The van der Waals surface area contributed by atoms with E-state index in [1.165, 1.54) is 12.8 Å². The summed E-state index contributed by atoms with van der Waals surface area (Å²) < 4.78 is 1.66. The maximum atomic E-state index is 11.4. The zero-order chi connectivity index (χ0) is 20.7. The smallest absolute Gasteiger partial charge is 0.326 e. The van der Waals surface area contributed by atoms with Gasteiger partial charge in [-0.25, -0.2) is 14.8 Å². The number of rotatable bonds is 5. The number of nitrogens with one attached hydrogen (secondary N) is 3. The molecular weight excluding hydrogens is 384 g/mol. The fraction of sp³-hybridized carbons (Fsp3) is 0.250. The Morgan fingerprint density at radius 1 is 1.30 bits per heavy atom. The topological polar surface area (TPSA) is 136 Å². The van der Waals surface area contributed by atoms with Crippen molar-refractivity contribution in [3.8, 4) is 5.88 Å². The van der Waals surface area contributed by atoms with Gasteiger partial charge >= 0.3 is 5.69 Å². The van der Waals surface area contributed by atoms with E-state index in [1.54, 1.807) is 23.0 Å². The van der Waals surface area contributed by atoms with Crippen LogP contribution in [0.4, 0.5) is 11.6 Å². The Bertz CT molecular complexity index is 1390. The van der Waals surface area contributed by atoms with E-state index in [2.05, 4.69) is 30.4 Å². The predicted molar refractivity (Wildman–Crippen MR) is 110 cm³/mol. The Morgan fingerprint density at radius 2 is 2.17 bits per heavy atom. The molecule has 10 nitrogen and oxygen atoms in total. The summed E-state index contributed by atoms with van der Waals surface area (Å²) in [7, 11) is 0. The lowest BCUT2D eigenvalue weighted by Crippen LogP contribution is -2.20. The number of hydrogen-bond donors (Lipinski definition) is 4. The van der Waals surface area contributed by atoms with Gasteiger partial charge < -0.3 is 15.4 Å². The third kappa shape index (κ3) is 3.66. The minimum absolute atomic E-state index is 0.240. The van der Waals surface area contributed by atoms with Crippen LogP contribution in [-0.4, -0.2) is 41.2 Å². The Hall–Kier alpha value is -3.95. The van der Waals surface area contributed by atoms with Crippen LogP contribution in [0, 0.1) is 12.8 Å². The molecule has 0 bridgehead atoms. The molecule has 1 aliphatic carbocycles. The number of imidazole rings is 1. The largest absolute Gasteiger partial charge is 0.493 e. The number of aromatic amines is 2. The molecule has 0 radical (unpaired) electrons. The average Bonchev–Trinajstić information content (AvgIpc) is 3.39. The second-order valence-electron chi connectivity index (χ2n) is 7.45. The van der Waals surface area contributed by atoms with E-state index >= 15 is 0 Å². The number of aryl methyl sites for hydroxylation is 1. The minimum atomic E-state index is -0.490. The van der Waals surface area contributed by atoms with Crippen molar-refractivity contribution < 1.29 is 5.11 Å². The van der Waals surface area contributed by atoms with Gasteiger partial charge in [-0.3, -0.25) is 9.98 Å². The van der Waals surface area contributed by atoms with E-state index in [9.17, 15) is 9.90 Å². The summed E-state index contributed by atoms with van der Waals surface area (Å²) >= 11 is 0. The summed E-state index contributed by atoms with van der Waals surface area (Å²) in [5.74, 6) is 1.64. The van der Waals surface area contributed by atoms with Crippen LogP contribution in [0.1, 0.15) is 24.1 Å². The summed E-state index contributed by atoms with van der Waals surface area (Å²) in [5.41, 5.74) is 2.05. The molecule has 5 rings (SSSR count).